The summed E-state index contributed by atoms with van der Waals surface area (Å²) in [7, 11) is -6.45. The fourth-order valence-corrected chi connectivity index (χ4v) is 14.3. The Morgan fingerprint density at radius 1 is 0.271 bits per heavy atom. The van der Waals surface area contributed by atoms with E-state index in [1.165, 1.54) is 0 Å². The number of rotatable bonds is 0. The topological polar surface area (TPSA) is 85.3 Å². The van der Waals surface area contributed by atoms with E-state index in [9.17, 15) is 21.0 Å². The Bertz CT molecular complexity index is 1510. The highest BCUT2D eigenvalue weighted by Crippen LogP contribution is 2.29. The van der Waals surface area contributed by atoms with Crippen molar-refractivity contribution in [3.05, 3.63) is 140 Å². The molecule has 4 atom stereocenters. The average molecular weight is 755 g/mol. The molecule has 11 heteroatoms. The van der Waals surface area contributed by atoms with E-state index in [1.54, 1.807) is 0 Å². The second-order valence-electron chi connectivity index (χ2n) is 13.2. The summed E-state index contributed by atoms with van der Waals surface area (Å²) >= 11 is 0. The van der Waals surface area contributed by atoms with Crippen LogP contribution in [0.5, 0.6) is 0 Å². The van der Waals surface area contributed by atoms with Gasteiger partial charge in [0.2, 0.25) is 0 Å². The van der Waals surface area contributed by atoms with Crippen molar-refractivity contribution >= 4 is 70.4 Å². The van der Waals surface area contributed by atoms with Crippen molar-refractivity contribution < 1.29 is 21.0 Å². The van der Waals surface area contributed by atoms with Crippen LogP contribution in [-0.4, -0.2) is 26.9 Å². The third-order valence-electron chi connectivity index (χ3n) is 8.47. The molecule has 4 aromatic carbocycles. The van der Waals surface area contributed by atoms with Crippen LogP contribution in [0.25, 0.3) is 0 Å². The van der Waals surface area contributed by atoms with Gasteiger partial charge in [-0.05, 0) is 66.8 Å². The predicted molar refractivity (Wildman–Crippen MR) is 206 cm³/mol. The van der Waals surface area contributed by atoms with Crippen molar-refractivity contribution in [2.24, 2.45) is 0 Å². The summed E-state index contributed by atoms with van der Waals surface area (Å²) in [5.41, 5.74) is 11.3. The van der Waals surface area contributed by atoms with E-state index < -0.39 is 54.0 Å². The Morgan fingerprint density at radius 3 is 0.542 bits per heavy atom. The van der Waals surface area contributed by atoms with Crippen LogP contribution in [-0.2, 0) is 123 Å². The van der Waals surface area contributed by atoms with Gasteiger partial charge in [0.1, 0.15) is 0 Å². The van der Waals surface area contributed by atoms with E-state index >= 15 is 0 Å². The Balaban J connectivity index is 1.46. The van der Waals surface area contributed by atoms with Crippen LogP contribution in [0.3, 0.4) is 0 Å². The van der Waals surface area contributed by atoms with E-state index in [2.05, 4.69) is 42.3 Å². The molecule has 0 saturated carbocycles. The first kappa shape index (κ1) is 34.3. The van der Waals surface area contributed by atoms with Crippen LogP contribution in [0.2, 0.25) is 0 Å². The number of benzene rings is 4. The van der Waals surface area contributed by atoms with Crippen molar-refractivity contribution in [1.29, 1.82) is 0 Å². The minimum Gasteiger partial charge on any atom is -0.259 e. The quantitative estimate of drug-likeness (QED) is 0.198. The van der Waals surface area contributed by atoms with Gasteiger partial charge in [0.25, 0.3) is 0 Å². The largest absolute Gasteiger partial charge is 0.259 e. The van der Waals surface area contributed by atoms with Gasteiger partial charge in [-0.25, -0.2) is 0 Å². The summed E-state index contributed by atoms with van der Waals surface area (Å²) in [4.78, 5) is 0. The van der Waals surface area contributed by atoms with Crippen LogP contribution in [0.15, 0.2) is 72.8 Å². The number of hydrogen-bond acceptors (Lipinski definition) is 5. The monoisotopic (exact) mass is 754 g/mol. The maximum absolute atomic E-state index is 13.7. The van der Waals surface area contributed by atoms with Crippen molar-refractivity contribution in [3.8, 4) is 0 Å². The Hall–Kier alpha value is -2.15. The molecular formula is C37H38O5S6. The van der Waals surface area contributed by atoms with Gasteiger partial charge in [0.05, 0.1) is 0 Å². The van der Waals surface area contributed by atoms with Gasteiger partial charge < -0.3 is 0 Å². The Kier molecular flexibility index (Phi) is 10.7. The lowest BCUT2D eigenvalue weighted by atomic mass is 10.1. The molecule has 48 heavy (non-hydrogen) atoms. The molecule has 0 radical (unpaired) electrons. The van der Waals surface area contributed by atoms with E-state index in [1.807, 2.05) is 36.4 Å². The summed E-state index contributed by atoms with van der Waals surface area (Å²) in [5.74, 6) is 9.39. The maximum atomic E-state index is 13.7. The van der Waals surface area contributed by atoms with Gasteiger partial charge in [0, 0.05) is 123 Å². The van der Waals surface area contributed by atoms with E-state index in [-0.39, 0.29) is 10.5 Å². The average Bonchev–Trinajstić information content (AvgIpc) is 2.94. The fraction of sp³-hybridized carbons (Fsp3) is 0.324. The second-order valence-corrected chi connectivity index (χ2v) is 22.3. The molecule has 4 aliphatic heterocycles. The molecule has 0 fully saturated rings. The van der Waals surface area contributed by atoms with Gasteiger partial charge in [-0.2, -0.15) is 10.5 Å². The van der Waals surface area contributed by atoms with Crippen LogP contribution >= 0.6 is 10.5 Å². The third kappa shape index (κ3) is 9.14. The highest BCUT2D eigenvalue weighted by atomic mass is 32.2. The van der Waals surface area contributed by atoms with Crippen LogP contribution in [0, 0.1) is 0 Å². The van der Waals surface area contributed by atoms with E-state index in [0.717, 1.165) is 78.3 Å². The molecule has 12 bridgehead atoms. The van der Waals surface area contributed by atoms with Gasteiger partial charge in [0.15, 0.2) is 0 Å². The summed E-state index contributed by atoms with van der Waals surface area (Å²) in [6.07, 6.45) is 0. The van der Waals surface area contributed by atoms with Gasteiger partial charge >= 0.3 is 0 Å². The van der Waals surface area contributed by atoms with Crippen LogP contribution in [0.4, 0.5) is 0 Å². The zero-order chi connectivity index (χ0) is 33.4. The summed E-state index contributed by atoms with van der Waals surface area (Å²) in [6.45, 7) is 0. The first-order valence-corrected chi connectivity index (χ1v) is 24.9. The zero-order valence-corrected chi connectivity index (χ0v) is 31.5. The van der Waals surface area contributed by atoms with Gasteiger partial charge in [-0.3, -0.25) is 21.0 Å². The minimum atomic E-state index is -1.27. The van der Waals surface area contributed by atoms with Gasteiger partial charge in [-0.15, -0.1) is 0 Å². The minimum absolute atomic E-state index is 0.287. The molecule has 4 aliphatic rings. The molecule has 2 unspecified atom stereocenters. The highest BCUT2D eigenvalue weighted by Gasteiger charge is 2.18. The normalized spacial score (nSPS) is 26.2. The van der Waals surface area contributed by atoms with Gasteiger partial charge in [-0.1, -0.05) is 78.7 Å². The molecule has 0 N–H and O–H groups in total. The lowest BCUT2D eigenvalue weighted by Crippen LogP contribution is -2.09. The smallest absolute Gasteiger partial charge is 0.0489 e. The first-order valence-electron chi connectivity index (χ1n) is 15.8. The SMILES string of the molecule is C=S1Cc2cc3cc(c2)C[S@](=O)Cc2cc4cc(c2)CS(=O)Cc2cc(cc(c2)C[S@@](=O)Cc2cc(cc(c2)CS(=O)C4)C1)CS(=O)C3. The maximum Gasteiger partial charge on any atom is 0.0489 e. The molecule has 0 aromatic heterocycles. The van der Waals surface area contributed by atoms with E-state index in [0.29, 0.717) is 57.5 Å². The molecule has 8 rings (SSSR count). The summed E-state index contributed by atoms with van der Waals surface area (Å²) in [6, 6.07) is 24.6. The Labute approximate surface area is 297 Å². The molecule has 0 amide bonds. The molecule has 0 aliphatic carbocycles. The molecule has 0 saturated heterocycles. The van der Waals surface area contributed by atoms with Crippen LogP contribution < -0.4 is 0 Å². The molecular weight excluding hydrogens is 717 g/mol. The molecule has 252 valence electrons. The summed E-state index contributed by atoms with van der Waals surface area (Å²) < 4.78 is 68.4. The summed E-state index contributed by atoms with van der Waals surface area (Å²) in [5, 5.41) is 0. The van der Waals surface area contributed by atoms with Crippen molar-refractivity contribution in [2.75, 3.05) is 0 Å². The van der Waals surface area contributed by atoms with Crippen molar-refractivity contribution in [2.45, 2.75) is 69.0 Å². The zero-order valence-electron chi connectivity index (χ0n) is 26.6. The van der Waals surface area contributed by atoms with E-state index in [4.69, 9.17) is 0 Å². The molecule has 4 heterocycles. The Morgan fingerprint density at radius 2 is 0.396 bits per heavy atom. The standard InChI is InChI=1S/C37H38O5S6/c1-43-14-26-2-28-6-29(3-26)17-45(39)21-34-9-35-13-37(12-34)25-48(42)24-36-10-32(20-44(38)16-28)8-33(11-36)22-46(40)18-30-4-27(15-43)5-31(7-30)19-47(41)23-35/h2-13H,1,14-25H2/t43?,44-,45?,46?,47-,48?/m0/s1. The van der Waals surface area contributed by atoms with Crippen LogP contribution in [0.1, 0.15) is 66.8 Å². The molecule has 5 nitrogen and oxygen atoms in total. The van der Waals surface area contributed by atoms with Crippen molar-refractivity contribution in [3.63, 3.8) is 0 Å². The lowest BCUT2D eigenvalue weighted by Gasteiger charge is -2.17. The highest BCUT2D eigenvalue weighted by molar-refractivity contribution is 8.12. The lowest BCUT2D eigenvalue weighted by molar-refractivity contribution is 0.681. The second kappa shape index (κ2) is 15.0. The number of hydrogen-bond donors (Lipinski definition) is 0. The van der Waals surface area contributed by atoms with Crippen molar-refractivity contribution in [1.82, 2.24) is 0 Å². The number of fused-ring (bicyclic) bond motifs is 12. The predicted octanol–water partition coefficient (Wildman–Crippen LogP) is 6.27. The first-order chi connectivity index (χ1) is 23.1. The molecule has 4 aromatic rings. The fourth-order valence-electron chi connectivity index (χ4n) is 6.99. The third-order valence-corrected chi connectivity index (χ3v) is 16.5. The molecule has 0 spiro atoms.